The number of nitrogens with zero attached hydrogens (tertiary/aromatic N) is 2. The molecule has 0 bridgehead atoms. The van der Waals surface area contributed by atoms with Gasteiger partial charge in [0.1, 0.15) is 11.4 Å². The first-order chi connectivity index (χ1) is 17.4. The second-order valence-electron chi connectivity index (χ2n) is 8.64. The molecule has 0 spiro atoms. The van der Waals surface area contributed by atoms with Gasteiger partial charge in [-0.1, -0.05) is 37.1 Å². The van der Waals surface area contributed by atoms with Gasteiger partial charge in [-0.2, -0.15) is 0 Å². The van der Waals surface area contributed by atoms with Crippen molar-refractivity contribution in [3.63, 3.8) is 0 Å². The van der Waals surface area contributed by atoms with Crippen LogP contribution in [0.25, 0.3) is 11.0 Å². The largest absolute Gasteiger partial charge is 0.493 e. The summed E-state index contributed by atoms with van der Waals surface area (Å²) in [5, 5.41) is 0.715. The average molecular weight is 505 g/mol. The highest BCUT2D eigenvalue weighted by Crippen LogP contribution is 2.43. The maximum atomic E-state index is 13.8. The Labute approximate surface area is 213 Å². The summed E-state index contributed by atoms with van der Waals surface area (Å²) in [6, 6.07) is 14.8. The molecule has 7 nitrogen and oxygen atoms in total. The third kappa shape index (κ3) is 4.09. The smallest absolute Gasteiger partial charge is 0.296 e. The first-order valence-electron chi connectivity index (χ1n) is 11.8. The number of hydrogen-bond acceptors (Lipinski definition) is 6. The highest BCUT2D eigenvalue weighted by Gasteiger charge is 2.44. The summed E-state index contributed by atoms with van der Waals surface area (Å²) in [5.41, 5.74) is 1.62. The molecule has 3 heterocycles. The molecule has 0 N–H and O–H groups in total. The number of benzene rings is 2. The zero-order valence-corrected chi connectivity index (χ0v) is 21.0. The number of aromatic nitrogens is 1. The molecule has 0 fully saturated rings. The Bertz CT molecular complexity index is 1530. The van der Waals surface area contributed by atoms with Crippen molar-refractivity contribution in [2.24, 2.45) is 0 Å². The highest BCUT2D eigenvalue weighted by atomic mass is 35.5. The Morgan fingerprint density at radius 2 is 1.92 bits per heavy atom. The number of hydrogen-bond donors (Lipinski definition) is 0. The SMILES string of the molecule is CCCCOc1ccc(C2c3c(oc4ccc(Cl)cc4c3=O)C(=O)N2c2cccc(C)n2)cc1OC. The Balaban J connectivity index is 1.72. The molecule has 0 radical (unpaired) electrons. The van der Waals surface area contributed by atoms with Gasteiger partial charge >= 0.3 is 0 Å². The molecule has 2 aromatic heterocycles. The second-order valence-corrected chi connectivity index (χ2v) is 9.08. The Morgan fingerprint density at radius 3 is 2.67 bits per heavy atom. The van der Waals surface area contributed by atoms with Gasteiger partial charge in [0.2, 0.25) is 5.76 Å². The molecule has 0 saturated heterocycles. The van der Waals surface area contributed by atoms with E-state index in [2.05, 4.69) is 11.9 Å². The molecule has 1 aliphatic heterocycles. The van der Waals surface area contributed by atoms with Crippen molar-refractivity contribution in [2.75, 3.05) is 18.6 Å². The summed E-state index contributed by atoms with van der Waals surface area (Å²) in [6.07, 6.45) is 1.92. The molecule has 5 rings (SSSR count). The zero-order valence-electron chi connectivity index (χ0n) is 20.2. The van der Waals surface area contributed by atoms with Crippen molar-refractivity contribution in [2.45, 2.75) is 32.7 Å². The molecule has 2 aromatic carbocycles. The van der Waals surface area contributed by atoms with Crippen molar-refractivity contribution in [1.82, 2.24) is 4.98 Å². The van der Waals surface area contributed by atoms with E-state index in [0.29, 0.717) is 45.5 Å². The van der Waals surface area contributed by atoms with Crippen molar-refractivity contribution < 1.29 is 18.7 Å². The summed E-state index contributed by atoms with van der Waals surface area (Å²) in [6.45, 7) is 4.50. The lowest BCUT2D eigenvalue weighted by Crippen LogP contribution is -2.30. The molecule has 1 unspecified atom stereocenters. The van der Waals surface area contributed by atoms with E-state index in [1.165, 1.54) is 4.90 Å². The van der Waals surface area contributed by atoms with Gasteiger partial charge in [0.15, 0.2) is 16.9 Å². The highest BCUT2D eigenvalue weighted by molar-refractivity contribution is 6.31. The zero-order chi connectivity index (χ0) is 25.4. The number of pyridine rings is 1. The number of fused-ring (bicyclic) bond motifs is 2. The van der Waals surface area contributed by atoms with Crippen LogP contribution in [0.15, 0.2) is 63.8 Å². The molecular formula is C28H25ClN2O5. The molecule has 1 aliphatic rings. The number of aryl methyl sites for hydroxylation is 1. The van der Waals surface area contributed by atoms with Gasteiger partial charge in [-0.25, -0.2) is 4.98 Å². The van der Waals surface area contributed by atoms with Crippen LogP contribution in [0.1, 0.15) is 53.2 Å². The lowest BCUT2D eigenvalue weighted by Gasteiger charge is -2.25. The maximum Gasteiger partial charge on any atom is 0.296 e. The predicted molar refractivity (Wildman–Crippen MR) is 139 cm³/mol. The van der Waals surface area contributed by atoms with E-state index in [0.717, 1.165) is 18.5 Å². The Morgan fingerprint density at radius 1 is 1.08 bits per heavy atom. The summed E-state index contributed by atoms with van der Waals surface area (Å²) < 4.78 is 17.5. The first-order valence-corrected chi connectivity index (χ1v) is 12.1. The van der Waals surface area contributed by atoms with Crippen LogP contribution in [0, 0.1) is 6.92 Å². The van der Waals surface area contributed by atoms with Crippen molar-refractivity contribution in [3.05, 3.63) is 92.4 Å². The fraction of sp³-hybridized carbons (Fsp3) is 0.250. The van der Waals surface area contributed by atoms with Gasteiger partial charge in [-0.3, -0.25) is 14.5 Å². The number of anilines is 1. The van der Waals surface area contributed by atoms with Crippen LogP contribution < -0.4 is 19.8 Å². The van der Waals surface area contributed by atoms with Crippen LogP contribution in [0.3, 0.4) is 0 Å². The Kier molecular flexibility index (Phi) is 6.41. The minimum atomic E-state index is -0.778. The summed E-state index contributed by atoms with van der Waals surface area (Å²) in [5.74, 6) is 1.07. The van der Waals surface area contributed by atoms with Gasteiger partial charge in [0, 0.05) is 10.7 Å². The van der Waals surface area contributed by atoms with E-state index >= 15 is 0 Å². The lowest BCUT2D eigenvalue weighted by molar-refractivity contribution is 0.0970. The fourth-order valence-corrected chi connectivity index (χ4v) is 4.63. The molecule has 184 valence electrons. The molecule has 0 aliphatic carbocycles. The molecule has 1 amide bonds. The van der Waals surface area contributed by atoms with Gasteiger partial charge in [-0.05, 0) is 61.4 Å². The van der Waals surface area contributed by atoms with Gasteiger partial charge in [0.25, 0.3) is 5.91 Å². The normalized spacial score (nSPS) is 14.8. The maximum absolute atomic E-state index is 13.8. The van der Waals surface area contributed by atoms with Crippen molar-refractivity contribution >= 4 is 34.3 Å². The van der Waals surface area contributed by atoms with Gasteiger partial charge in [-0.15, -0.1) is 0 Å². The van der Waals surface area contributed by atoms with Crippen LogP contribution >= 0.6 is 11.6 Å². The predicted octanol–water partition coefficient (Wildman–Crippen LogP) is 6.09. The fourth-order valence-electron chi connectivity index (χ4n) is 4.46. The monoisotopic (exact) mass is 504 g/mol. The third-order valence-electron chi connectivity index (χ3n) is 6.21. The number of ether oxygens (including phenoxy) is 2. The molecule has 1 atom stereocenters. The lowest BCUT2D eigenvalue weighted by atomic mass is 9.98. The number of rotatable bonds is 7. The van der Waals surface area contributed by atoms with Crippen LogP contribution in [-0.4, -0.2) is 24.6 Å². The standard InChI is InChI=1S/C28H25ClN2O5/c1-4-5-13-35-21-11-9-17(14-22(21)34-3)25-24-26(32)19-15-18(29)10-12-20(19)36-27(24)28(33)31(25)23-8-6-7-16(2)30-23/h6-12,14-15,25H,4-5,13H2,1-3H3. The van der Waals surface area contributed by atoms with Crippen LogP contribution in [0.4, 0.5) is 5.82 Å². The molecule has 8 heteroatoms. The molecule has 0 saturated carbocycles. The van der Waals surface area contributed by atoms with Gasteiger partial charge < -0.3 is 13.9 Å². The number of unbranched alkanes of at least 4 members (excludes halogenated alkanes) is 1. The number of halogens is 1. The third-order valence-corrected chi connectivity index (χ3v) is 6.45. The second kappa shape index (κ2) is 9.66. The number of carbonyl (C=O) groups excluding carboxylic acids is 1. The van der Waals surface area contributed by atoms with Crippen LogP contribution in [0.2, 0.25) is 5.02 Å². The molecule has 4 aromatic rings. The summed E-state index contributed by atoms with van der Waals surface area (Å²) >= 11 is 6.18. The number of amides is 1. The van der Waals surface area contributed by atoms with E-state index in [-0.39, 0.29) is 16.8 Å². The minimum Gasteiger partial charge on any atom is -0.493 e. The summed E-state index contributed by atoms with van der Waals surface area (Å²) in [4.78, 5) is 33.6. The van der Waals surface area contributed by atoms with Crippen LogP contribution in [-0.2, 0) is 0 Å². The molecular weight excluding hydrogens is 480 g/mol. The van der Waals surface area contributed by atoms with Crippen LogP contribution in [0.5, 0.6) is 11.5 Å². The minimum absolute atomic E-state index is 0.00892. The van der Waals surface area contributed by atoms with E-state index in [9.17, 15) is 9.59 Å². The van der Waals surface area contributed by atoms with E-state index in [4.69, 9.17) is 25.5 Å². The van der Waals surface area contributed by atoms with E-state index in [1.807, 2.05) is 25.1 Å². The van der Waals surface area contributed by atoms with E-state index < -0.39 is 11.9 Å². The van der Waals surface area contributed by atoms with Crippen molar-refractivity contribution in [3.8, 4) is 11.5 Å². The first kappa shape index (κ1) is 23.9. The van der Waals surface area contributed by atoms with E-state index in [1.54, 1.807) is 43.5 Å². The topological polar surface area (TPSA) is 81.9 Å². The quantitative estimate of drug-likeness (QED) is 0.283. The number of methoxy groups -OCH3 is 1. The number of carbonyl (C=O) groups is 1. The average Bonchev–Trinajstić information content (AvgIpc) is 3.17. The van der Waals surface area contributed by atoms with Crippen molar-refractivity contribution in [1.29, 1.82) is 0 Å². The van der Waals surface area contributed by atoms with Gasteiger partial charge in [0.05, 0.1) is 30.7 Å². The summed E-state index contributed by atoms with van der Waals surface area (Å²) in [7, 11) is 1.56. The Hall–Kier alpha value is -3.84. The molecule has 36 heavy (non-hydrogen) atoms.